The maximum atomic E-state index is 9.31. The van der Waals surface area contributed by atoms with Crippen molar-refractivity contribution in [3.8, 4) is 0 Å². The summed E-state index contributed by atoms with van der Waals surface area (Å²) in [5.41, 5.74) is 0.989. The van der Waals surface area contributed by atoms with Gasteiger partial charge in [-0.25, -0.2) is 0 Å². The Labute approximate surface area is 94.0 Å². The molecule has 0 radical (unpaired) electrons. The first-order valence-electron chi connectivity index (χ1n) is 5.40. The number of hydrogen-bond donors (Lipinski definition) is 1. The second-order valence-electron chi connectivity index (χ2n) is 3.96. The minimum atomic E-state index is 0.0929. The van der Waals surface area contributed by atoms with Gasteiger partial charge in [0.25, 0.3) is 0 Å². The summed E-state index contributed by atoms with van der Waals surface area (Å²) in [4.78, 5) is 0. The van der Waals surface area contributed by atoms with Crippen LogP contribution in [0.2, 0.25) is 0 Å². The average Bonchev–Trinajstić information content (AvgIpc) is 2.37. The van der Waals surface area contributed by atoms with E-state index in [0.29, 0.717) is 0 Å². The molecule has 3 rings (SSSR count). The molecular weight excluding hydrogens is 196 g/mol. The highest BCUT2D eigenvalue weighted by Gasteiger charge is 2.02. The maximum Gasteiger partial charge on any atom is 0.0687 e. The second-order valence-corrected chi connectivity index (χ2v) is 3.96. The van der Waals surface area contributed by atoms with E-state index in [9.17, 15) is 5.11 Å². The predicted octanol–water partition coefficient (Wildman–Crippen LogP) is 3.49. The highest BCUT2D eigenvalue weighted by atomic mass is 16.3. The summed E-state index contributed by atoms with van der Waals surface area (Å²) in [6.45, 7) is 0.0929. The fraction of sp³-hybridized carbons (Fsp3) is 0.0667. The molecule has 0 aliphatic carbocycles. The molecule has 0 amide bonds. The Morgan fingerprint density at radius 3 is 2.38 bits per heavy atom. The molecule has 0 bridgehead atoms. The second kappa shape index (κ2) is 3.62. The molecule has 0 saturated heterocycles. The zero-order chi connectivity index (χ0) is 11.0. The van der Waals surface area contributed by atoms with Crippen LogP contribution in [0.4, 0.5) is 0 Å². The first-order valence-corrected chi connectivity index (χ1v) is 5.40. The Morgan fingerprint density at radius 1 is 0.688 bits per heavy atom. The first kappa shape index (κ1) is 9.37. The molecule has 0 spiro atoms. The van der Waals surface area contributed by atoms with E-state index >= 15 is 0 Å². The van der Waals surface area contributed by atoms with Gasteiger partial charge in [0.2, 0.25) is 0 Å². The van der Waals surface area contributed by atoms with Crippen LogP contribution in [-0.2, 0) is 6.61 Å². The molecule has 1 heteroatoms. The molecule has 0 fully saturated rings. The third-order valence-corrected chi connectivity index (χ3v) is 3.05. The van der Waals surface area contributed by atoms with Crippen molar-refractivity contribution >= 4 is 21.5 Å². The van der Waals surface area contributed by atoms with Gasteiger partial charge in [-0.1, -0.05) is 54.6 Å². The van der Waals surface area contributed by atoms with Gasteiger partial charge < -0.3 is 5.11 Å². The number of fused-ring (bicyclic) bond motifs is 3. The molecule has 0 aliphatic heterocycles. The third-order valence-electron chi connectivity index (χ3n) is 3.05. The number of hydrogen-bond acceptors (Lipinski definition) is 1. The molecular formula is C15H12O. The fourth-order valence-corrected chi connectivity index (χ4v) is 2.24. The van der Waals surface area contributed by atoms with Crippen LogP contribution in [0.3, 0.4) is 0 Å². The largest absolute Gasteiger partial charge is 0.392 e. The molecule has 78 valence electrons. The van der Waals surface area contributed by atoms with E-state index in [1.54, 1.807) is 0 Å². The molecule has 1 N–H and O–H groups in total. The van der Waals surface area contributed by atoms with Crippen molar-refractivity contribution in [2.75, 3.05) is 0 Å². The van der Waals surface area contributed by atoms with Gasteiger partial charge in [0, 0.05) is 0 Å². The van der Waals surface area contributed by atoms with Gasteiger partial charge in [-0.05, 0) is 27.1 Å². The van der Waals surface area contributed by atoms with Crippen molar-refractivity contribution in [2.24, 2.45) is 0 Å². The van der Waals surface area contributed by atoms with E-state index < -0.39 is 0 Å². The Kier molecular flexibility index (Phi) is 2.12. The van der Waals surface area contributed by atoms with E-state index in [4.69, 9.17) is 0 Å². The quantitative estimate of drug-likeness (QED) is 0.607. The molecule has 0 aromatic heterocycles. The smallest absolute Gasteiger partial charge is 0.0687 e. The molecule has 0 heterocycles. The first-order chi connectivity index (χ1) is 7.90. The van der Waals surface area contributed by atoms with Gasteiger partial charge in [-0.2, -0.15) is 0 Å². The molecule has 0 unspecified atom stereocenters. The van der Waals surface area contributed by atoms with Crippen molar-refractivity contribution in [1.82, 2.24) is 0 Å². The van der Waals surface area contributed by atoms with E-state index in [0.717, 1.165) is 10.9 Å². The van der Waals surface area contributed by atoms with Crippen LogP contribution in [0.15, 0.2) is 54.6 Å². The summed E-state index contributed by atoms with van der Waals surface area (Å²) in [7, 11) is 0. The number of aliphatic hydroxyl groups is 1. The minimum Gasteiger partial charge on any atom is -0.392 e. The molecule has 16 heavy (non-hydrogen) atoms. The lowest BCUT2D eigenvalue weighted by Gasteiger charge is -2.06. The lowest BCUT2D eigenvalue weighted by atomic mass is 9.99. The normalized spacial score (nSPS) is 11.1. The highest BCUT2D eigenvalue weighted by Crippen LogP contribution is 2.27. The Balaban J connectivity index is 2.52. The fourth-order valence-electron chi connectivity index (χ4n) is 2.24. The Morgan fingerprint density at radius 2 is 1.50 bits per heavy atom. The van der Waals surface area contributed by atoms with Crippen LogP contribution in [0.5, 0.6) is 0 Å². The third kappa shape index (κ3) is 1.29. The van der Waals surface area contributed by atoms with Crippen LogP contribution in [0, 0.1) is 0 Å². The number of benzene rings is 3. The summed E-state index contributed by atoms with van der Waals surface area (Å²) in [6, 6.07) is 18.6. The molecule has 0 aliphatic rings. The topological polar surface area (TPSA) is 20.2 Å². The predicted molar refractivity (Wildman–Crippen MR) is 67.4 cm³/mol. The van der Waals surface area contributed by atoms with Crippen LogP contribution >= 0.6 is 0 Å². The van der Waals surface area contributed by atoms with Crippen molar-refractivity contribution < 1.29 is 5.11 Å². The van der Waals surface area contributed by atoms with E-state index in [2.05, 4.69) is 30.3 Å². The van der Waals surface area contributed by atoms with Gasteiger partial charge in [0.1, 0.15) is 0 Å². The SMILES string of the molecule is OCc1cccc2c1ccc1ccccc12. The summed E-state index contributed by atoms with van der Waals surface area (Å²) >= 11 is 0. The van der Waals surface area contributed by atoms with Gasteiger partial charge in [0.15, 0.2) is 0 Å². The molecule has 1 nitrogen and oxygen atoms in total. The van der Waals surface area contributed by atoms with E-state index in [1.807, 2.05) is 24.3 Å². The van der Waals surface area contributed by atoms with Crippen molar-refractivity contribution in [3.63, 3.8) is 0 Å². The number of rotatable bonds is 1. The number of aliphatic hydroxyl groups excluding tert-OH is 1. The van der Waals surface area contributed by atoms with Crippen LogP contribution in [-0.4, -0.2) is 5.11 Å². The zero-order valence-electron chi connectivity index (χ0n) is 8.85. The van der Waals surface area contributed by atoms with Gasteiger partial charge >= 0.3 is 0 Å². The van der Waals surface area contributed by atoms with Crippen LogP contribution < -0.4 is 0 Å². The van der Waals surface area contributed by atoms with Crippen LogP contribution in [0.1, 0.15) is 5.56 Å². The maximum absolute atomic E-state index is 9.31. The van der Waals surface area contributed by atoms with Gasteiger partial charge in [0.05, 0.1) is 6.61 Å². The average molecular weight is 208 g/mol. The summed E-state index contributed by atoms with van der Waals surface area (Å²) < 4.78 is 0. The van der Waals surface area contributed by atoms with Gasteiger partial charge in [-0.3, -0.25) is 0 Å². The van der Waals surface area contributed by atoms with Crippen molar-refractivity contribution in [3.05, 3.63) is 60.2 Å². The summed E-state index contributed by atoms with van der Waals surface area (Å²) in [5, 5.41) is 14.1. The monoisotopic (exact) mass is 208 g/mol. The molecule has 0 saturated carbocycles. The molecule has 0 atom stereocenters. The zero-order valence-corrected chi connectivity index (χ0v) is 8.85. The molecule has 3 aromatic carbocycles. The Bertz CT molecular complexity index is 656. The Hall–Kier alpha value is -1.86. The standard InChI is InChI=1S/C15H12O/c16-10-12-5-3-7-15-13-6-2-1-4-11(13)8-9-14(12)15/h1-9,16H,10H2. The highest BCUT2D eigenvalue weighted by molar-refractivity contribution is 6.08. The van der Waals surface area contributed by atoms with Crippen LogP contribution in [0.25, 0.3) is 21.5 Å². The van der Waals surface area contributed by atoms with Crippen molar-refractivity contribution in [2.45, 2.75) is 6.61 Å². The summed E-state index contributed by atoms with van der Waals surface area (Å²) in [5.74, 6) is 0. The van der Waals surface area contributed by atoms with Gasteiger partial charge in [-0.15, -0.1) is 0 Å². The molecule has 3 aromatic rings. The minimum absolute atomic E-state index is 0.0929. The lowest BCUT2D eigenvalue weighted by molar-refractivity contribution is 0.283. The lowest BCUT2D eigenvalue weighted by Crippen LogP contribution is -1.86. The summed E-state index contributed by atoms with van der Waals surface area (Å²) in [6.07, 6.45) is 0. The van der Waals surface area contributed by atoms with Crippen molar-refractivity contribution in [1.29, 1.82) is 0 Å². The van der Waals surface area contributed by atoms with E-state index in [-0.39, 0.29) is 6.61 Å². The van der Waals surface area contributed by atoms with E-state index in [1.165, 1.54) is 16.2 Å².